The molecule has 18 heavy (non-hydrogen) atoms. The molecule has 1 atom stereocenters. The van der Waals surface area contributed by atoms with Gasteiger partial charge in [0.25, 0.3) is 5.69 Å². The van der Waals surface area contributed by atoms with Gasteiger partial charge in [0.1, 0.15) is 10.9 Å². The SMILES string of the molecule is O=C(OCc1ccc([N+](=O)[O-])cc1)C1CC1(Cl)Cl. The van der Waals surface area contributed by atoms with E-state index in [1.165, 1.54) is 24.3 Å². The Morgan fingerprint density at radius 2 is 2.00 bits per heavy atom. The molecule has 0 amide bonds. The summed E-state index contributed by atoms with van der Waals surface area (Å²) < 4.78 is 4.02. The van der Waals surface area contributed by atoms with E-state index in [-0.39, 0.29) is 12.3 Å². The summed E-state index contributed by atoms with van der Waals surface area (Å²) in [7, 11) is 0. The maximum absolute atomic E-state index is 11.5. The second kappa shape index (κ2) is 4.74. The van der Waals surface area contributed by atoms with Gasteiger partial charge in [-0.15, -0.1) is 23.2 Å². The third-order valence-electron chi connectivity index (χ3n) is 2.64. The van der Waals surface area contributed by atoms with Crippen LogP contribution in [0.2, 0.25) is 0 Å². The number of esters is 1. The van der Waals surface area contributed by atoms with E-state index in [0.717, 1.165) is 0 Å². The van der Waals surface area contributed by atoms with Gasteiger partial charge in [0, 0.05) is 12.1 Å². The van der Waals surface area contributed by atoms with Crippen molar-refractivity contribution in [2.45, 2.75) is 17.4 Å². The van der Waals surface area contributed by atoms with Crippen molar-refractivity contribution in [3.05, 3.63) is 39.9 Å². The summed E-state index contributed by atoms with van der Waals surface area (Å²) >= 11 is 11.5. The third-order valence-corrected chi connectivity index (χ3v) is 3.47. The Bertz CT molecular complexity index is 486. The van der Waals surface area contributed by atoms with Gasteiger partial charge >= 0.3 is 5.97 Å². The van der Waals surface area contributed by atoms with Crippen LogP contribution >= 0.6 is 23.2 Å². The lowest BCUT2D eigenvalue weighted by Crippen LogP contribution is -2.10. The summed E-state index contributed by atoms with van der Waals surface area (Å²) in [6.45, 7) is 0.0528. The van der Waals surface area contributed by atoms with Gasteiger partial charge in [0.05, 0.1) is 10.8 Å². The Morgan fingerprint density at radius 3 is 2.44 bits per heavy atom. The topological polar surface area (TPSA) is 69.4 Å². The zero-order valence-electron chi connectivity index (χ0n) is 9.14. The van der Waals surface area contributed by atoms with Crippen molar-refractivity contribution < 1.29 is 14.5 Å². The molecule has 1 unspecified atom stereocenters. The first-order valence-corrected chi connectivity index (χ1v) is 5.93. The number of nitrogens with zero attached hydrogens (tertiary/aromatic N) is 1. The molecular formula is C11H9Cl2NO4. The highest BCUT2D eigenvalue weighted by atomic mass is 35.5. The second-order valence-corrected chi connectivity index (χ2v) is 5.59. The van der Waals surface area contributed by atoms with Gasteiger partial charge in [-0.25, -0.2) is 0 Å². The van der Waals surface area contributed by atoms with Crippen LogP contribution in [0.4, 0.5) is 5.69 Å². The molecule has 7 heteroatoms. The van der Waals surface area contributed by atoms with Crippen LogP contribution in [0, 0.1) is 16.0 Å². The molecule has 1 fully saturated rings. The third kappa shape index (κ3) is 2.91. The molecule has 1 aliphatic rings. The average molecular weight is 290 g/mol. The van der Waals surface area contributed by atoms with Crippen molar-refractivity contribution >= 4 is 34.9 Å². The highest BCUT2D eigenvalue weighted by molar-refractivity contribution is 6.52. The maximum Gasteiger partial charge on any atom is 0.312 e. The number of hydrogen-bond donors (Lipinski definition) is 0. The van der Waals surface area contributed by atoms with Crippen molar-refractivity contribution in [2.75, 3.05) is 0 Å². The predicted octanol–water partition coefficient (Wildman–Crippen LogP) is 2.83. The molecular weight excluding hydrogens is 281 g/mol. The number of alkyl halides is 2. The zero-order chi connectivity index (χ0) is 13.3. The van der Waals surface area contributed by atoms with Crippen molar-refractivity contribution in [1.82, 2.24) is 0 Å². The number of carbonyl (C=O) groups excluding carboxylic acids is 1. The number of halogens is 2. The van der Waals surface area contributed by atoms with E-state index in [1.807, 2.05) is 0 Å². The first-order valence-electron chi connectivity index (χ1n) is 5.18. The molecule has 96 valence electrons. The molecule has 0 bridgehead atoms. The molecule has 0 aromatic heterocycles. The lowest BCUT2D eigenvalue weighted by Gasteiger charge is -2.04. The van der Waals surface area contributed by atoms with Gasteiger partial charge in [-0.2, -0.15) is 0 Å². The van der Waals surface area contributed by atoms with Crippen molar-refractivity contribution in [1.29, 1.82) is 0 Å². The molecule has 1 aromatic carbocycles. The van der Waals surface area contributed by atoms with Gasteiger partial charge in [-0.05, 0) is 24.1 Å². The summed E-state index contributed by atoms with van der Waals surface area (Å²) in [5.74, 6) is -0.919. The smallest absolute Gasteiger partial charge is 0.312 e. The lowest BCUT2D eigenvalue weighted by molar-refractivity contribution is -0.384. The van der Waals surface area contributed by atoms with E-state index in [0.29, 0.717) is 12.0 Å². The lowest BCUT2D eigenvalue weighted by atomic mass is 10.2. The molecule has 0 heterocycles. The minimum Gasteiger partial charge on any atom is -0.461 e. The standard InChI is InChI=1S/C11H9Cl2NO4/c12-11(13)5-9(11)10(15)18-6-7-1-3-8(4-2-7)14(16)17/h1-4,9H,5-6H2. The monoisotopic (exact) mass is 289 g/mol. The first kappa shape index (κ1) is 13.1. The fourth-order valence-electron chi connectivity index (χ4n) is 1.44. The summed E-state index contributed by atoms with van der Waals surface area (Å²) in [5.41, 5.74) is 0.664. The molecule has 1 aliphatic carbocycles. The number of rotatable bonds is 4. The molecule has 0 spiro atoms. The number of non-ortho nitro benzene ring substituents is 1. The Balaban J connectivity index is 1.87. The van der Waals surface area contributed by atoms with Crippen LogP contribution < -0.4 is 0 Å². The predicted molar refractivity (Wildman–Crippen MR) is 65.4 cm³/mol. The minimum atomic E-state index is -0.993. The number of ether oxygens (including phenoxy) is 1. The Hall–Kier alpha value is -1.33. The van der Waals surface area contributed by atoms with Gasteiger partial charge in [-0.3, -0.25) is 14.9 Å². The van der Waals surface area contributed by atoms with Crippen LogP contribution in [0.25, 0.3) is 0 Å². The van der Waals surface area contributed by atoms with E-state index in [1.54, 1.807) is 0 Å². The van der Waals surface area contributed by atoms with Gasteiger partial charge in [-0.1, -0.05) is 0 Å². The van der Waals surface area contributed by atoms with Crippen molar-refractivity contribution in [2.24, 2.45) is 5.92 Å². The molecule has 1 aromatic rings. The number of benzene rings is 1. The summed E-state index contributed by atoms with van der Waals surface area (Å²) in [4.78, 5) is 21.4. The van der Waals surface area contributed by atoms with Crippen LogP contribution in [0.15, 0.2) is 24.3 Å². The van der Waals surface area contributed by atoms with E-state index in [9.17, 15) is 14.9 Å². The van der Waals surface area contributed by atoms with Gasteiger partial charge in [0.15, 0.2) is 0 Å². The Morgan fingerprint density at radius 1 is 1.44 bits per heavy atom. The molecule has 0 aliphatic heterocycles. The average Bonchev–Trinajstić information content (AvgIpc) is 2.96. The first-order chi connectivity index (χ1) is 8.40. The minimum absolute atomic E-state index is 0.00666. The summed E-state index contributed by atoms with van der Waals surface area (Å²) in [6.07, 6.45) is 0.398. The number of hydrogen-bond acceptors (Lipinski definition) is 4. The molecule has 0 N–H and O–H groups in total. The highest BCUT2D eigenvalue weighted by Gasteiger charge is 2.57. The zero-order valence-corrected chi connectivity index (χ0v) is 10.6. The van der Waals surface area contributed by atoms with Crippen LogP contribution in [-0.4, -0.2) is 15.2 Å². The van der Waals surface area contributed by atoms with E-state index >= 15 is 0 Å². The Kier molecular flexibility index (Phi) is 3.45. The maximum atomic E-state index is 11.5. The van der Waals surface area contributed by atoms with Crippen molar-refractivity contribution in [3.63, 3.8) is 0 Å². The second-order valence-electron chi connectivity index (χ2n) is 4.05. The van der Waals surface area contributed by atoms with Crippen LogP contribution in [0.3, 0.4) is 0 Å². The fourth-order valence-corrected chi connectivity index (χ4v) is 1.92. The highest BCUT2D eigenvalue weighted by Crippen LogP contribution is 2.53. The van der Waals surface area contributed by atoms with Crippen molar-refractivity contribution in [3.8, 4) is 0 Å². The normalized spacial score (nSPS) is 20.2. The van der Waals surface area contributed by atoms with Crippen LogP contribution in [0.5, 0.6) is 0 Å². The largest absolute Gasteiger partial charge is 0.461 e. The summed E-state index contributed by atoms with van der Waals surface area (Å²) in [5, 5.41) is 10.4. The molecule has 5 nitrogen and oxygen atoms in total. The quantitative estimate of drug-likeness (QED) is 0.370. The number of nitro benzene ring substituents is 1. The summed E-state index contributed by atoms with van der Waals surface area (Å²) in [6, 6.07) is 5.78. The van der Waals surface area contributed by atoms with Crippen LogP contribution in [0.1, 0.15) is 12.0 Å². The van der Waals surface area contributed by atoms with E-state index < -0.39 is 21.1 Å². The number of carbonyl (C=O) groups is 1. The number of nitro groups is 1. The van der Waals surface area contributed by atoms with E-state index in [4.69, 9.17) is 27.9 Å². The molecule has 0 saturated heterocycles. The van der Waals surface area contributed by atoms with E-state index in [2.05, 4.69) is 0 Å². The fraction of sp³-hybridized carbons (Fsp3) is 0.364. The molecule has 0 radical (unpaired) electrons. The molecule has 2 rings (SSSR count). The van der Waals surface area contributed by atoms with Crippen LogP contribution in [-0.2, 0) is 16.1 Å². The Labute approximate surface area is 113 Å². The molecule has 1 saturated carbocycles. The van der Waals surface area contributed by atoms with Gasteiger partial charge in [0.2, 0.25) is 0 Å². The van der Waals surface area contributed by atoms with Gasteiger partial charge < -0.3 is 4.74 Å².